The van der Waals surface area contributed by atoms with Crippen molar-refractivity contribution in [2.75, 3.05) is 45.9 Å². The second-order valence-electron chi connectivity index (χ2n) is 6.26. The van der Waals surface area contributed by atoms with Crippen molar-refractivity contribution >= 4 is 5.91 Å². The van der Waals surface area contributed by atoms with Crippen LogP contribution < -0.4 is 4.74 Å². The van der Waals surface area contributed by atoms with Gasteiger partial charge in [0.2, 0.25) is 0 Å². The van der Waals surface area contributed by atoms with Crippen LogP contribution in [-0.2, 0) is 9.53 Å². The van der Waals surface area contributed by atoms with Gasteiger partial charge in [0.15, 0.2) is 6.10 Å². The molecule has 0 aromatic heterocycles. The van der Waals surface area contributed by atoms with Gasteiger partial charge in [0.1, 0.15) is 5.75 Å². The Hall–Kier alpha value is -2.10. The zero-order valence-electron chi connectivity index (χ0n) is 15.1. The average molecular weight is 345 g/mol. The van der Waals surface area contributed by atoms with Gasteiger partial charge < -0.3 is 14.4 Å². The summed E-state index contributed by atoms with van der Waals surface area (Å²) in [4.78, 5) is 16.8. The smallest absolute Gasteiger partial charge is 0.263 e. The van der Waals surface area contributed by atoms with E-state index in [9.17, 15) is 4.79 Å². The molecule has 6 heteroatoms. The first-order valence-electron chi connectivity index (χ1n) is 8.79. The highest BCUT2D eigenvalue weighted by Gasteiger charge is 2.23. The molecule has 25 heavy (non-hydrogen) atoms. The molecule has 0 aliphatic carbocycles. The Bertz CT molecular complexity index is 594. The van der Waals surface area contributed by atoms with Gasteiger partial charge in [0, 0.05) is 32.7 Å². The Morgan fingerprint density at radius 2 is 2.16 bits per heavy atom. The summed E-state index contributed by atoms with van der Waals surface area (Å²) < 4.78 is 11.1. The van der Waals surface area contributed by atoms with E-state index in [1.165, 1.54) is 0 Å². The fourth-order valence-corrected chi connectivity index (χ4v) is 2.80. The Labute approximate surface area is 149 Å². The van der Waals surface area contributed by atoms with E-state index in [4.69, 9.17) is 14.7 Å². The second kappa shape index (κ2) is 10.0. The van der Waals surface area contributed by atoms with Gasteiger partial charge in [0.25, 0.3) is 5.91 Å². The Morgan fingerprint density at radius 3 is 2.84 bits per heavy atom. The minimum Gasteiger partial charge on any atom is -0.481 e. The summed E-state index contributed by atoms with van der Waals surface area (Å²) in [7, 11) is 0. The molecule has 0 bridgehead atoms. The number of aryl methyl sites for hydroxylation is 1. The van der Waals surface area contributed by atoms with E-state index in [1.54, 1.807) is 11.8 Å². The molecule has 1 amide bonds. The van der Waals surface area contributed by atoms with Crippen LogP contribution in [0.15, 0.2) is 24.3 Å². The number of nitrogens with zero attached hydrogens (tertiary/aromatic N) is 3. The zero-order chi connectivity index (χ0) is 18.1. The maximum absolute atomic E-state index is 12.8. The van der Waals surface area contributed by atoms with Crippen LogP contribution in [0.1, 0.15) is 18.9 Å². The van der Waals surface area contributed by atoms with Crippen LogP contribution in [-0.4, -0.2) is 67.7 Å². The van der Waals surface area contributed by atoms with Crippen LogP contribution in [0.3, 0.4) is 0 Å². The van der Waals surface area contributed by atoms with E-state index in [0.29, 0.717) is 25.3 Å². The number of ether oxygens (including phenoxy) is 2. The first-order chi connectivity index (χ1) is 12.1. The van der Waals surface area contributed by atoms with Crippen molar-refractivity contribution in [3.63, 3.8) is 0 Å². The number of amides is 1. The summed E-state index contributed by atoms with van der Waals surface area (Å²) in [6.45, 7) is 8.81. The lowest BCUT2D eigenvalue weighted by molar-refractivity contribution is -0.138. The van der Waals surface area contributed by atoms with Crippen molar-refractivity contribution in [1.29, 1.82) is 5.26 Å². The highest BCUT2D eigenvalue weighted by Crippen LogP contribution is 2.15. The lowest BCUT2D eigenvalue weighted by atomic mass is 10.2. The lowest BCUT2D eigenvalue weighted by Gasteiger charge is -2.31. The van der Waals surface area contributed by atoms with E-state index in [0.717, 1.165) is 38.4 Å². The molecular weight excluding hydrogens is 318 g/mol. The maximum Gasteiger partial charge on any atom is 0.263 e. The molecule has 1 saturated heterocycles. The molecule has 1 unspecified atom stereocenters. The molecule has 0 spiro atoms. The Morgan fingerprint density at radius 1 is 1.40 bits per heavy atom. The molecule has 1 aliphatic heterocycles. The van der Waals surface area contributed by atoms with E-state index in [-0.39, 0.29) is 5.91 Å². The minimum absolute atomic E-state index is 0.0787. The first-order valence-corrected chi connectivity index (χ1v) is 8.79. The summed E-state index contributed by atoms with van der Waals surface area (Å²) in [5, 5.41) is 8.87. The summed E-state index contributed by atoms with van der Waals surface area (Å²) in [5.41, 5.74) is 1.09. The molecule has 2 rings (SSSR count). The Balaban J connectivity index is 1.92. The van der Waals surface area contributed by atoms with E-state index in [1.807, 2.05) is 31.2 Å². The van der Waals surface area contributed by atoms with Gasteiger partial charge in [-0.3, -0.25) is 9.69 Å². The quantitative estimate of drug-likeness (QED) is 0.719. The number of carbonyl (C=O) groups is 1. The van der Waals surface area contributed by atoms with Crippen molar-refractivity contribution < 1.29 is 14.3 Å². The molecule has 1 aromatic rings. The van der Waals surface area contributed by atoms with Gasteiger partial charge in [-0.15, -0.1) is 0 Å². The van der Waals surface area contributed by atoms with Crippen LogP contribution in [0.4, 0.5) is 0 Å². The third kappa shape index (κ3) is 6.37. The third-order valence-electron chi connectivity index (χ3n) is 4.25. The highest BCUT2D eigenvalue weighted by molar-refractivity contribution is 5.81. The van der Waals surface area contributed by atoms with Gasteiger partial charge in [-0.1, -0.05) is 12.1 Å². The largest absolute Gasteiger partial charge is 0.481 e. The molecule has 0 radical (unpaired) electrons. The number of hydrogen-bond acceptors (Lipinski definition) is 5. The summed E-state index contributed by atoms with van der Waals surface area (Å²) in [6, 6.07) is 9.78. The van der Waals surface area contributed by atoms with Crippen LogP contribution in [0.5, 0.6) is 5.75 Å². The van der Waals surface area contributed by atoms with Crippen molar-refractivity contribution in [1.82, 2.24) is 9.80 Å². The van der Waals surface area contributed by atoms with Crippen LogP contribution in [0.2, 0.25) is 0 Å². The number of benzene rings is 1. The standard InChI is InChI=1S/C19H27N3O3/c1-16-5-3-6-18(15-16)25-17(2)19(23)22(8-4-7-20)10-9-21-11-13-24-14-12-21/h3,5-6,15,17H,4,8-14H2,1-2H3. The van der Waals surface area contributed by atoms with Gasteiger partial charge in [0.05, 0.1) is 25.7 Å². The van der Waals surface area contributed by atoms with Crippen LogP contribution >= 0.6 is 0 Å². The fraction of sp³-hybridized carbons (Fsp3) is 0.579. The molecule has 1 aliphatic rings. The average Bonchev–Trinajstić information content (AvgIpc) is 2.62. The van der Waals surface area contributed by atoms with Crippen molar-refractivity contribution in [3.05, 3.63) is 29.8 Å². The SMILES string of the molecule is Cc1cccc(OC(C)C(=O)N(CCC#N)CCN2CCOCC2)c1. The Kier molecular flexibility index (Phi) is 7.71. The topological polar surface area (TPSA) is 65.8 Å². The van der Waals surface area contributed by atoms with Crippen molar-refractivity contribution in [2.24, 2.45) is 0 Å². The minimum atomic E-state index is -0.579. The highest BCUT2D eigenvalue weighted by atomic mass is 16.5. The van der Waals surface area contributed by atoms with Crippen LogP contribution in [0, 0.1) is 18.3 Å². The fourth-order valence-electron chi connectivity index (χ4n) is 2.80. The molecule has 1 aromatic carbocycles. The number of nitriles is 1. The lowest BCUT2D eigenvalue weighted by Crippen LogP contribution is -2.46. The molecule has 1 fully saturated rings. The van der Waals surface area contributed by atoms with Crippen molar-refractivity contribution in [3.8, 4) is 11.8 Å². The summed E-state index contributed by atoms with van der Waals surface area (Å²) in [5.74, 6) is 0.610. The van der Waals surface area contributed by atoms with Gasteiger partial charge in [-0.05, 0) is 31.5 Å². The van der Waals surface area contributed by atoms with Gasteiger partial charge in [-0.25, -0.2) is 0 Å². The molecule has 1 heterocycles. The van der Waals surface area contributed by atoms with E-state index in [2.05, 4.69) is 11.0 Å². The van der Waals surface area contributed by atoms with E-state index < -0.39 is 6.10 Å². The van der Waals surface area contributed by atoms with Crippen molar-refractivity contribution in [2.45, 2.75) is 26.4 Å². The predicted molar refractivity (Wildman–Crippen MR) is 95.3 cm³/mol. The molecule has 1 atom stereocenters. The second-order valence-corrected chi connectivity index (χ2v) is 6.26. The van der Waals surface area contributed by atoms with E-state index >= 15 is 0 Å². The molecule has 136 valence electrons. The molecule has 0 saturated carbocycles. The molecular formula is C19H27N3O3. The monoisotopic (exact) mass is 345 g/mol. The number of morpholine rings is 1. The number of rotatable bonds is 8. The van der Waals surface area contributed by atoms with Gasteiger partial charge >= 0.3 is 0 Å². The van der Waals surface area contributed by atoms with Gasteiger partial charge in [-0.2, -0.15) is 5.26 Å². The normalized spacial score (nSPS) is 16.0. The number of carbonyl (C=O) groups excluding carboxylic acids is 1. The third-order valence-corrected chi connectivity index (χ3v) is 4.25. The summed E-state index contributed by atoms with van der Waals surface area (Å²) in [6.07, 6.45) is -0.253. The molecule has 0 N–H and O–H groups in total. The number of hydrogen-bond donors (Lipinski definition) is 0. The predicted octanol–water partition coefficient (Wildman–Crippen LogP) is 1.84. The molecule has 6 nitrogen and oxygen atoms in total. The first kappa shape index (κ1) is 19.2. The van der Waals surface area contributed by atoms with Crippen LogP contribution in [0.25, 0.3) is 0 Å². The summed E-state index contributed by atoms with van der Waals surface area (Å²) >= 11 is 0. The zero-order valence-corrected chi connectivity index (χ0v) is 15.1. The maximum atomic E-state index is 12.8.